The Labute approximate surface area is 156 Å². The minimum Gasteiger partial charge on any atom is -0.484 e. The molecule has 26 heavy (non-hydrogen) atoms. The number of benzene rings is 1. The van der Waals surface area contributed by atoms with Crippen LogP contribution < -0.4 is 21.1 Å². The lowest BCUT2D eigenvalue weighted by Crippen LogP contribution is -2.68. The Bertz CT molecular complexity index is 705. The van der Waals surface area contributed by atoms with Gasteiger partial charge in [-0.1, -0.05) is 11.6 Å². The molecule has 0 aliphatic heterocycles. The third kappa shape index (κ3) is 3.84. The third-order valence-corrected chi connectivity index (χ3v) is 5.68. The Morgan fingerprint density at radius 1 is 1.31 bits per heavy atom. The van der Waals surface area contributed by atoms with E-state index in [2.05, 4.69) is 10.6 Å². The summed E-state index contributed by atoms with van der Waals surface area (Å²) in [6.45, 7) is 0.922. The van der Waals surface area contributed by atoms with Crippen LogP contribution in [0.3, 0.4) is 0 Å². The van der Waals surface area contributed by atoms with E-state index in [0.717, 1.165) is 18.9 Å². The molecule has 1 aromatic carbocycles. The maximum absolute atomic E-state index is 13.4. The topological polar surface area (TPSA) is 93.5 Å². The third-order valence-electron chi connectivity index (χ3n) is 5.38. The van der Waals surface area contributed by atoms with E-state index in [-0.39, 0.29) is 28.7 Å². The molecule has 3 aliphatic rings. The molecule has 6 nitrogen and oxygen atoms in total. The first-order valence-electron chi connectivity index (χ1n) is 8.75. The number of hydrogen-bond acceptors (Lipinski definition) is 5. The fraction of sp³-hybridized carbons (Fsp3) is 0.556. The van der Waals surface area contributed by atoms with Crippen LogP contribution >= 0.6 is 11.6 Å². The summed E-state index contributed by atoms with van der Waals surface area (Å²) in [6.07, 6.45) is 3.25. The summed E-state index contributed by atoms with van der Waals surface area (Å²) in [6, 6.07) is 3.97. The molecule has 8 heteroatoms. The van der Waals surface area contributed by atoms with E-state index in [4.69, 9.17) is 22.1 Å². The first-order chi connectivity index (χ1) is 12.4. The number of Topliss-reactive ketones (excluding diaryl/α,β-unsaturated/α-hetero) is 1. The molecule has 0 heterocycles. The summed E-state index contributed by atoms with van der Waals surface area (Å²) in [7, 11) is 0. The van der Waals surface area contributed by atoms with Crippen LogP contribution in [-0.4, -0.2) is 42.5 Å². The number of ketones is 1. The van der Waals surface area contributed by atoms with Crippen molar-refractivity contribution in [2.75, 3.05) is 19.7 Å². The van der Waals surface area contributed by atoms with Crippen LogP contribution in [0.15, 0.2) is 18.2 Å². The van der Waals surface area contributed by atoms with E-state index >= 15 is 0 Å². The predicted octanol–water partition coefficient (Wildman–Crippen LogP) is 1.55. The van der Waals surface area contributed by atoms with Gasteiger partial charge >= 0.3 is 0 Å². The molecule has 2 bridgehead atoms. The fourth-order valence-corrected chi connectivity index (χ4v) is 3.99. The summed E-state index contributed by atoms with van der Waals surface area (Å²) < 4.78 is 18.7. The molecule has 0 radical (unpaired) electrons. The number of fused-ring (bicyclic) bond motifs is 3. The van der Waals surface area contributed by atoms with Crippen LogP contribution in [0.5, 0.6) is 5.75 Å². The molecule has 1 aromatic rings. The van der Waals surface area contributed by atoms with E-state index in [1.54, 1.807) is 0 Å². The van der Waals surface area contributed by atoms with E-state index in [1.807, 2.05) is 0 Å². The highest BCUT2D eigenvalue weighted by Crippen LogP contribution is 2.44. The van der Waals surface area contributed by atoms with Crippen molar-refractivity contribution in [3.05, 3.63) is 29.0 Å². The molecule has 4 rings (SSSR count). The van der Waals surface area contributed by atoms with Gasteiger partial charge in [0.05, 0.1) is 10.6 Å². The number of halogens is 2. The van der Waals surface area contributed by atoms with Crippen molar-refractivity contribution in [2.24, 2.45) is 5.73 Å². The van der Waals surface area contributed by atoms with Gasteiger partial charge in [0.1, 0.15) is 11.6 Å². The molecule has 0 saturated heterocycles. The molecule has 1 amide bonds. The number of ether oxygens (including phenoxy) is 1. The molecule has 3 aliphatic carbocycles. The molecular weight excluding hydrogens is 361 g/mol. The van der Waals surface area contributed by atoms with Crippen LogP contribution in [0, 0.1) is 5.82 Å². The van der Waals surface area contributed by atoms with Crippen LogP contribution in [0.25, 0.3) is 0 Å². The first-order valence-corrected chi connectivity index (χ1v) is 9.13. The summed E-state index contributed by atoms with van der Waals surface area (Å²) in [5, 5.41) is 6.24. The number of carbonyl (C=O) groups is 2. The maximum atomic E-state index is 13.4. The highest BCUT2D eigenvalue weighted by atomic mass is 35.5. The van der Waals surface area contributed by atoms with Gasteiger partial charge in [0, 0.05) is 31.1 Å². The minimum atomic E-state index is -0.808. The number of rotatable bonds is 7. The standard InChI is InChI=1S/C18H23ClFN3O3/c19-13-2-1-12(9-14(13)20)26-11-16(25)23-18-5-3-17(4-6-18,10-15(18)24)22-8-7-21/h1-2,9,22H,3-8,10-11,21H2,(H,23,25). The number of amides is 1. The van der Waals surface area contributed by atoms with Crippen molar-refractivity contribution in [1.29, 1.82) is 0 Å². The second-order valence-corrected chi connectivity index (χ2v) is 7.50. The van der Waals surface area contributed by atoms with Gasteiger partial charge in [-0.25, -0.2) is 4.39 Å². The zero-order valence-corrected chi connectivity index (χ0v) is 15.2. The zero-order chi connectivity index (χ0) is 18.8. The molecule has 4 N–H and O–H groups in total. The van der Waals surface area contributed by atoms with Gasteiger partial charge in [0.15, 0.2) is 12.4 Å². The highest BCUT2D eigenvalue weighted by molar-refractivity contribution is 6.30. The average Bonchev–Trinajstić information content (AvgIpc) is 2.63. The van der Waals surface area contributed by atoms with E-state index in [1.165, 1.54) is 12.1 Å². The molecule has 0 spiro atoms. The Kier molecular flexibility index (Phi) is 5.50. The summed E-state index contributed by atoms with van der Waals surface area (Å²) in [5.74, 6) is -0.745. The zero-order valence-electron chi connectivity index (χ0n) is 14.4. The van der Waals surface area contributed by atoms with Gasteiger partial charge in [-0.2, -0.15) is 0 Å². The lowest BCUT2D eigenvalue weighted by atomic mass is 9.60. The monoisotopic (exact) mass is 383 g/mol. The predicted molar refractivity (Wildman–Crippen MR) is 95.7 cm³/mol. The Morgan fingerprint density at radius 2 is 2.04 bits per heavy atom. The molecule has 0 unspecified atom stereocenters. The first kappa shape index (κ1) is 19.1. The normalized spacial score (nSPS) is 27.4. The van der Waals surface area contributed by atoms with Gasteiger partial charge in [-0.05, 0) is 37.8 Å². The van der Waals surface area contributed by atoms with Crippen molar-refractivity contribution in [1.82, 2.24) is 10.6 Å². The van der Waals surface area contributed by atoms with Crippen molar-refractivity contribution in [2.45, 2.75) is 43.2 Å². The van der Waals surface area contributed by atoms with Gasteiger partial charge < -0.3 is 21.1 Å². The lowest BCUT2D eigenvalue weighted by molar-refractivity contribution is -0.141. The van der Waals surface area contributed by atoms with Crippen LogP contribution in [0.4, 0.5) is 4.39 Å². The summed E-state index contributed by atoms with van der Waals surface area (Å²) in [4.78, 5) is 24.9. The largest absolute Gasteiger partial charge is 0.484 e. The van der Waals surface area contributed by atoms with Crippen molar-refractivity contribution < 1.29 is 18.7 Å². The molecular formula is C18H23ClFN3O3. The highest BCUT2D eigenvalue weighted by Gasteiger charge is 2.54. The SMILES string of the molecule is NCCNC12CCC(NC(=O)COc3ccc(Cl)c(F)c3)(CC1)C(=O)C2. The van der Waals surface area contributed by atoms with Crippen molar-refractivity contribution >= 4 is 23.3 Å². The van der Waals surface area contributed by atoms with Crippen LogP contribution in [0.1, 0.15) is 32.1 Å². The number of nitrogens with two attached hydrogens (primary N) is 1. The molecule has 0 aromatic heterocycles. The lowest BCUT2D eigenvalue weighted by Gasteiger charge is -2.52. The number of hydrogen-bond donors (Lipinski definition) is 3. The molecule has 3 saturated carbocycles. The fourth-order valence-electron chi connectivity index (χ4n) is 3.88. The molecule has 0 atom stereocenters. The van der Waals surface area contributed by atoms with E-state index in [9.17, 15) is 14.0 Å². The summed E-state index contributed by atoms with van der Waals surface area (Å²) in [5.41, 5.74) is 4.56. The number of nitrogens with one attached hydrogen (secondary N) is 2. The average molecular weight is 384 g/mol. The quantitative estimate of drug-likeness (QED) is 0.664. The maximum Gasteiger partial charge on any atom is 0.258 e. The van der Waals surface area contributed by atoms with E-state index in [0.29, 0.717) is 32.4 Å². The molecule has 142 valence electrons. The van der Waals surface area contributed by atoms with Crippen LogP contribution in [0.2, 0.25) is 5.02 Å². The second-order valence-electron chi connectivity index (χ2n) is 7.09. The van der Waals surface area contributed by atoms with Crippen LogP contribution in [-0.2, 0) is 9.59 Å². The Balaban J connectivity index is 1.56. The Morgan fingerprint density at radius 3 is 2.65 bits per heavy atom. The molecule has 3 fully saturated rings. The Hall–Kier alpha value is -1.70. The van der Waals surface area contributed by atoms with E-state index < -0.39 is 17.3 Å². The second kappa shape index (κ2) is 7.50. The van der Waals surface area contributed by atoms with Crippen molar-refractivity contribution in [3.63, 3.8) is 0 Å². The minimum absolute atomic E-state index is 0.0116. The summed E-state index contributed by atoms with van der Waals surface area (Å²) >= 11 is 5.61. The van der Waals surface area contributed by atoms with Gasteiger partial charge in [0.25, 0.3) is 5.91 Å². The van der Waals surface area contributed by atoms with Gasteiger partial charge in [-0.3, -0.25) is 9.59 Å². The van der Waals surface area contributed by atoms with Gasteiger partial charge in [0.2, 0.25) is 0 Å². The number of carbonyl (C=O) groups excluding carboxylic acids is 2. The smallest absolute Gasteiger partial charge is 0.258 e. The van der Waals surface area contributed by atoms with Gasteiger partial charge in [-0.15, -0.1) is 0 Å². The van der Waals surface area contributed by atoms with Crippen molar-refractivity contribution in [3.8, 4) is 5.75 Å².